The van der Waals surface area contributed by atoms with Gasteiger partial charge in [-0.15, -0.1) is 0 Å². The van der Waals surface area contributed by atoms with Crippen molar-refractivity contribution in [3.05, 3.63) is 35.9 Å². The number of hydrogen-bond acceptors (Lipinski definition) is 3. The van der Waals surface area contributed by atoms with Crippen molar-refractivity contribution in [3.63, 3.8) is 0 Å². The molecule has 1 aliphatic heterocycles. The molecule has 104 valence electrons. The largest absolute Gasteiger partial charge is 0.368 e. The van der Waals surface area contributed by atoms with Crippen LogP contribution in [-0.2, 0) is 10.3 Å². The molecular formula is C15H23N3O. The van der Waals surface area contributed by atoms with Crippen molar-refractivity contribution in [2.45, 2.75) is 31.2 Å². The zero-order valence-corrected chi connectivity index (χ0v) is 11.3. The molecule has 1 aliphatic rings. The third-order valence-electron chi connectivity index (χ3n) is 3.90. The normalized spacial score (nSPS) is 20.5. The van der Waals surface area contributed by atoms with Gasteiger partial charge in [-0.05, 0) is 31.5 Å². The summed E-state index contributed by atoms with van der Waals surface area (Å²) in [7, 11) is 0. The standard InChI is InChI=1S/C15H23N3O/c16-14(19)15(17,13-8-4-3-5-9-13)12-18-10-6-1-2-7-11-18/h3-5,8-9H,1-2,6-7,10-12,17H2,(H2,16,19). The van der Waals surface area contributed by atoms with Gasteiger partial charge in [0.15, 0.2) is 0 Å². The zero-order chi connectivity index (χ0) is 13.7. The van der Waals surface area contributed by atoms with E-state index in [-0.39, 0.29) is 0 Å². The highest BCUT2D eigenvalue weighted by Gasteiger charge is 2.35. The van der Waals surface area contributed by atoms with Gasteiger partial charge in [0.1, 0.15) is 5.54 Å². The van der Waals surface area contributed by atoms with Gasteiger partial charge < -0.3 is 16.4 Å². The molecule has 4 N–H and O–H groups in total. The van der Waals surface area contributed by atoms with Gasteiger partial charge in [0, 0.05) is 6.54 Å². The van der Waals surface area contributed by atoms with Crippen molar-refractivity contribution in [2.24, 2.45) is 11.5 Å². The van der Waals surface area contributed by atoms with Crippen LogP contribution in [0.1, 0.15) is 31.2 Å². The minimum atomic E-state index is -1.09. The van der Waals surface area contributed by atoms with Gasteiger partial charge in [-0.1, -0.05) is 43.2 Å². The molecule has 1 atom stereocenters. The lowest BCUT2D eigenvalue weighted by Crippen LogP contribution is -2.56. The Balaban J connectivity index is 2.17. The maximum atomic E-state index is 11.9. The number of carbonyl (C=O) groups excluding carboxylic acids is 1. The van der Waals surface area contributed by atoms with Crippen molar-refractivity contribution in [1.82, 2.24) is 4.90 Å². The number of benzene rings is 1. The summed E-state index contributed by atoms with van der Waals surface area (Å²) in [5, 5.41) is 0. The molecule has 1 fully saturated rings. The lowest BCUT2D eigenvalue weighted by atomic mass is 9.89. The van der Waals surface area contributed by atoms with Gasteiger partial charge in [-0.3, -0.25) is 4.79 Å². The van der Waals surface area contributed by atoms with Crippen LogP contribution >= 0.6 is 0 Å². The van der Waals surface area contributed by atoms with Crippen molar-refractivity contribution in [1.29, 1.82) is 0 Å². The van der Waals surface area contributed by atoms with E-state index in [0.717, 1.165) is 18.7 Å². The van der Waals surface area contributed by atoms with Crippen molar-refractivity contribution in [3.8, 4) is 0 Å². The van der Waals surface area contributed by atoms with Crippen LogP contribution in [0.4, 0.5) is 0 Å². The molecule has 1 aromatic rings. The van der Waals surface area contributed by atoms with Crippen LogP contribution in [0.3, 0.4) is 0 Å². The SMILES string of the molecule is NC(=O)C(N)(CN1CCCCCC1)c1ccccc1. The molecule has 0 spiro atoms. The van der Waals surface area contributed by atoms with Gasteiger partial charge in [-0.25, -0.2) is 0 Å². The van der Waals surface area contributed by atoms with Gasteiger partial charge in [0.2, 0.25) is 5.91 Å². The number of primary amides is 1. The summed E-state index contributed by atoms with van der Waals surface area (Å²) < 4.78 is 0. The Morgan fingerprint density at radius 3 is 2.21 bits per heavy atom. The quantitative estimate of drug-likeness (QED) is 0.855. The van der Waals surface area contributed by atoms with Gasteiger partial charge in [0.05, 0.1) is 0 Å². The van der Waals surface area contributed by atoms with Crippen LogP contribution in [0.25, 0.3) is 0 Å². The van der Waals surface area contributed by atoms with Gasteiger partial charge in [-0.2, -0.15) is 0 Å². The van der Waals surface area contributed by atoms with E-state index in [2.05, 4.69) is 4.90 Å². The predicted octanol–water partition coefficient (Wildman–Crippen LogP) is 1.20. The minimum absolute atomic E-state index is 0.456. The Hall–Kier alpha value is -1.39. The molecule has 0 aromatic heterocycles. The Morgan fingerprint density at radius 2 is 1.68 bits per heavy atom. The average Bonchev–Trinajstić information content (AvgIpc) is 2.68. The first kappa shape index (κ1) is 14.0. The Bertz CT molecular complexity index is 413. The molecule has 0 radical (unpaired) electrons. The van der Waals surface area contributed by atoms with E-state index in [9.17, 15) is 4.79 Å². The molecule has 1 amide bonds. The molecule has 1 unspecified atom stereocenters. The molecule has 0 aliphatic carbocycles. The summed E-state index contributed by atoms with van der Waals surface area (Å²) in [5.41, 5.74) is 11.6. The van der Waals surface area contributed by atoms with E-state index in [4.69, 9.17) is 11.5 Å². The van der Waals surface area contributed by atoms with E-state index >= 15 is 0 Å². The number of amides is 1. The Kier molecular flexibility index (Phi) is 4.56. The summed E-state index contributed by atoms with van der Waals surface area (Å²) in [6.45, 7) is 2.50. The third kappa shape index (κ3) is 3.33. The van der Waals surface area contributed by atoms with Crippen LogP contribution in [0, 0.1) is 0 Å². The molecule has 4 nitrogen and oxygen atoms in total. The highest BCUT2D eigenvalue weighted by molar-refractivity contribution is 5.86. The zero-order valence-electron chi connectivity index (χ0n) is 11.3. The Labute approximate surface area is 114 Å². The molecule has 1 heterocycles. The first-order valence-electron chi connectivity index (χ1n) is 6.99. The molecular weight excluding hydrogens is 238 g/mol. The van der Waals surface area contributed by atoms with E-state index in [0.29, 0.717) is 6.54 Å². The summed E-state index contributed by atoms with van der Waals surface area (Å²) in [6.07, 6.45) is 4.86. The second-order valence-electron chi connectivity index (χ2n) is 5.39. The summed E-state index contributed by atoms with van der Waals surface area (Å²) in [4.78, 5) is 14.1. The number of likely N-dealkylation sites (tertiary alicyclic amines) is 1. The van der Waals surface area contributed by atoms with Gasteiger partial charge in [0.25, 0.3) is 0 Å². The summed E-state index contributed by atoms with van der Waals surface area (Å²) >= 11 is 0. The Morgan fingerprint density at radius 1 is 1.11 bits per heavy atom. The first-order chi connectivity index (χ1) is 9.13. The van der Waals surface area contributed by atoms with Crippen molar-refractivity contribution in [2.75, 3.05) is 19.6 Å². The smallest absolute Gasteiger partial charge is 0.243 e. The number of nitrogens with zero attached hydrogens (tertiary/aromatic N) is 1. The molecule has 2 rings (SSSR count). The monoisotopic (exact) mass is 261 g/mol. The molecule has 0 saturated carbocycles. The van der Waals surface area contributed by atoms with Crippen LogP contribution < -0.4 is 11.5 Å². The van der Waals surface area contributed by atoms with E-state index in [1.54, 1.807) is 0 Å². The number of hydrogen-bond donors (Lipinski definition) is 2. The van der Waals surface area contributed by atoms with E-state index in [1.807, 2.05) is 30.3 Å². The molecule has 1 aromatic carbocycles. The molecule has 1 saturated heterocycles. The fourth-order valence-corrected chi connectivity index (χ4v) is 2.69. The minimum Gasteiger partial charge on any atom is -0.368 e. The highest BCUT2D eigenvalue weighted by Crippen LogP contribution is 2.21. The van der Waals surface area contributed by atoms with Crippen LogP contribution in [0.15, 0.2) is 30.3 Å². The lowest BCUT2D eigenvalue weighted by Gasteiger charge is -2.32. The average molecular weight is 261 g/mol. The van der Waals surface area contributed by atoms with E-state index in [1.165, 1.54) is 25.7 Å². The topological polar surface area (TPSA) is 72.3 Å². The predicted molar refractivity (Wildman–Crippen MR) is 76.4 cm³/mol. The molecule has 4 heteroatoms. The van der Waals surface area contributed by atoms with Crippen LogP contribution in [0.5, 0.6) is 0 Å². The maximum absolute atomic E-state index is 11.9. The van der Waals surface area contributed by atoms with Crippen molar-refractivity contribution < 1.29 is 4.79 Å². The third-order valence-corrected chi connectivity index (χ3v) is 3.90. The second-order valence-corrected chi connectivity index (χ2v) is 5.39. The number of nitrogens with two attached hydrogens (primary N) is 2. The molecule has 19 heavy (non-hydrogen) atoms. The fourth-order valence-electron chi connectivity index (χ4n) is 2.69. The summed E-state index contributed by atoms with van der Waals surface area (Å²) in [6, 6.07) is 9.45. The fraction of sp³-hybridized carbons (Fsp3) is 0.533. The van der Waals surface area contributed by atoms with Crippen molar-refractivity contribution >= 4 is 5.91 Å². The summed E-state index contributed by atoms with van der Waals surface area (Å²) in [5.74, 6) is -0.456. The second kappa shape index (κ2) is 6.17. The highest BCUT2D eigenvalue weighted by atomic mass is 16.1. The van der Waals surface area contributed by atoms with E-state index < -0.39 is 11.4 Å². The van der Waals surface area contributed by atoms with Gasteiger partial charge >= 0.3 is 0 Å². The lowest BCUT2D eigenvalue weighted by molar-refractivity contribution is -0.124. The van der Waals surface area contributed by atoms with Crippen LogP contribution in [0.2, 0.25) is 0 Å². The van der Waals surface area contributed by atoms with Crippen LogP contribution in [-0.4, -0.2) is 30.4 Å². The first-order valence-corrected chi connectivity index (χ1v) is 6.99. The number of rotatable bonds is 4. The number of carbonyl (C=O) groups is 1. The maximum Gasteiger partial charge on any atom is 0.243 e. The molecule has 0 bridgehead atoms.